The van der Waals surface area contributed by atoms with E-state index in [1.165, 1.54) is 0 Å². The highest BCUT2D eigenvalue weighted by atomic mass is 16.7. The van der Waals surface area contributed by atoms with Crippen LogP contribution in [-0.2, 0) is 14.3 Å². The molecule has 0 N–H and O–H groups in total. The summed E-state index contributed by atoms with van der Waals surface area (Å²) in [6.07, 6.45) is 7.01. The summed E-state index contributed by atoms with van der Waals surface area (Å²) in [7, 11) is 0. The minimum Gasteiger partial charge on any atom is -0.353 e. The van der Waals surface area contributed by atoms with Gasteiger partial charge in [-0.3, -0.25) is 4.79 Å². The maximum atomic E-state index is 10.9. The Morgan fingerprint density at radius 3 is 3.00 bits per heavy atom. The van der Waals surface area contributed by atoms with Crippen LogP contribution >= 0.6 is 0 Å². The largest absolute Gasteiger partial charge is 0.353 e. The summed E-state index contributed by atoms with van der Waals surface area (Å²) in [4.78, 5) is 10.9. The van der Waals surface area contributed by atoms with Gasteiger partial charge in [-0.1, -0.05) is 6.08 Å². The SMILES string of the molecule is O=C1C=C[C@H](OC2CCCCO2)C1. The van der Waals surface area contributed by atoms with E-state index in [0.29, 0.717) is 6.42 Å². The van der Waals surface area contributed by atoms with E-state index in [4.69, 9.17) is 9.47 Å². The minimum atomic E-state index is -0.0886. The lowest BCUT2D eigenvalue weighted by atomic mass is 10.2. The molecular formula is C10H14O3. The molecule has 1 aliphatic heterocycles. The van der Waals surface area contributed by atoms with Gasteiger partial charge in [0.15, 0.2) is 12.1 Å². The maximum Gasteiger partial charge on any atom is 0.158 e. The van der Waals surface area contributed by atoms with Crippen molar-refractivity contribution in [3.05, 3.63) is 12.2 Å². The van der Waals surface area contributed by atoms with Gasteiger partial charge in [-0.05, 0) is 25.3 Å². The zero-order valence-corrected chi connectivity index (χ0v) is 7.57. The molecule has 1 aliphatic carbocycles. The summed E-state index contributed by atoms with van der Waals surface area (Å²) in [6.45, 7) is 0.787. The third-order valence-electron chi connectivity index (χ3n) is 2.36. The standard InChI is InChI=1S/C10H14O3/c11-8-4-5-9(7-8)13-10-3-1-2-6-12-10/h4-5,9-10H,1-3,6-7H2/t9-,10?/m0/s1. The second-order valence-electron chi connectivity index (χ2n) is 3.50. The summed E-state index contributed by atoms with van der Waals surface area (Å²) in [5.74, 6) is 0.154. The Hall–Kier alpha value is -0.670. The first-order valence-electron chi connectivity index (χ1n) is 4.83. The molecule has 1 fully saturated rings. The van der Waals surface area contributed by atoms with Gasteiger partial charge >= 0.3 is 0 Å². The molecule has 0 aromatic heterocycles. The van der Waals surface area contributed by atoms with Gasteiger partial charge in [-0.25, -0.2) is 0 Å². The topological polar surface area (TPSA) is 35.5 Å². The van der Waals surface area contributed by atoms with Gasteiger partial charge < -0.3 is 9.47 Å². The average Bonchev–Trinajstić information content (AvgIpc) is 2.53. The third kappa shape index (κ3) is 2.39. The zero-order valence-electron chi connectivity index (χ0n) is 7.57. The number of rotatable bonds is 2. The Bertz CT molecular complexity index is 216. The molecule has 3 nitrogen and oxygen atoms in total. The molecule has 2 atom stereocenters. The molecule has 0 radical (unpaired) electrons. The van der Waals surface area contributed by atoms with E-state index in [1.807, 2.05) is 6.08 Å². The maximum absolute atomic E-state index is 10.9. The first kappa shape index (κ1) is 8.91. The Morgan fingerprint density at radius 2 is 2.38 bits per heavy atom. The summed E-state index contributed by atoms with van der Waals surface area (Å²) >= 11 is 0. The zero-order chi connectivity index (χ0) is 9.10. The van der Waals surface area contributed by atoms with Crippen LogP contribution in [0.4, 0.5) is 0 Å². The van der Waals surface area contributed by atoms with Gasteiger partial charge in [-0.2, -0.15) is 0 Å². The van der Waals surface area contributed by atoms with Crippen LogP contribution in [0.5, 0.6) is 0 Å². The summed E-state index contributed by atoms with van der Waals surface area (Å²) in [6, 6.07) is 0. The molecule has 0 aromatic rings. The monoisotopic (exact) mass is 182 g/mol. The molecular weight excluding hydrogens is 168 g/mol. The van der Waals surface area contributed by atoms with Crippen LogP contribution in [0.3, 0.4) is 0 Å². The molecule has 2 rings (SSSR count). The first-order chi connectivity index (χ1) is 6.34. The lowest BCUT2D eigenvalue weighted by Gasteiger charge is -2.24. The van der Waals surface area contributed by atoms with Crippen LogP contribution < -0.4 is 0 Å². The molecule has 1 unspecified atom stereocenters. The first-order valence-corrected chi connectivity index (χ1v) is 4.83. The minimum absolute atomic E-state index is 0.0457. The molecule has 0 saturated carbocycles. The van der Waals surface area contributed by atoms with Crippen molar-refractivity contribution in [2.45, 2.75) is 38.1 Å². The fraction of sp³-hybridized carbons (Fsp3) is 0.700. The van der Waals surface area contributed by atoms with Crippen molar-refractivity contribution in [2.24, 2.45) is 0 Å². The van der Waals surface area contributed by atoms with Crippen molar-refractivity contribution < 1.29 is 14.3 Å². The normalized spacial score (nSPS) is 34.0. The number of carbonyl (C=O) groups is 1. The molecule has 1 saturated heterocycles. The third-order valence-corrected chi connectivity index (χ3v) is 2.36. The van der Waals surface area contributed by atoms with E-state index in [-0.39, 0.29) is 18.2 Å². The van der Waals surface area contributed by atoms with Crippen molar-refractivity contribution >= 4 is 5.78 Å². The van der Waals surface area contributed by atoms with E-state index < -0.39 is 0 Å². The highest BCUT2D eigenvalue weighted by molar-refractivity contribution is 5.92. The Morgan fingerprint density at radius 1 is 1.46 bits per heavy atom. The van der Waals surface area contributed by atoms with Crippen molar-refractivity contribution in [3.63, 3.8) is 0 Å². The van der Waals surface area contributed by atoms with Crippen molar-refractivity contribution in [1.82, 2.24) is 0 Å². The second-order valence-corrected chi connectivity index (χ2v) is 3.50. The Labute approximate surface area is 77.7 Å². The van der Waals surface area contributed by atoms with E-state index in [2.05, 4.69) is 0 Å². The highest BCUT2D eigenvalue weighted by Gasteiger charge is 2.22. The Balaban J connectivity index is 1.77. The van der Waals surface area contributed by atoms with Crippen LogP contribution in [0.1, 0.15) is 25.7 Å². The summed E-state index contributed by atoms with van der Waals surface area (Å²) in [5, 5.41) is 0. The molecule has 1 heterocycles. The molecule has 0 bridgehead atoms. The van der Waals surface area contributed by atoms with Crippen molar-refractivity contribution in [1.29, 1.82) is 0 Å². The molecule has 2 aliphatic rings. The van der Waals surface area contributed by atoms with Crippen LogP contribution in [0.15, 0.2) is 12.2 Å². The second kappa shape index (κ2) is 4.03. The number of ketones is 1. The van der Waals surface area contributed by atoms with E-state index in [9.17, 15) is 4.79 Å². The van der Waals surface area contributed by atoms with Gasteiger partial charge in [0.1, 0.15) is 0 Å². The lowest BCUT2D eigenvalue weighted by molar-refractivity contribution is -0.178. The molecule has 0 spiro atoms. The highest BCUT2D eigenvalue weighted by Crippen LogP contribution is 2.19. The number of carbonyl (C=O) groups excluding carboxylic acids is 1. The predicted molar refractivity (Wildman–Crippen MR) is 47.2 cm³/mol. The Kier molecular flexibility index (Phi) is 2.76. The smallest absolute Gasteiger partial charge is 0.158 e. The van der Waals surface area contributed by atoms with Gasteiger partial charge in [0.05, 0.1) is 6.10 Å². The quantitative estimate of drug-likeness (QED) is 0.648. The fourth-order valence-electron chi connectivity index (χ4n) is 1.66. The molecule has 72 valence electrons. The number of allylic oxidation sites excluding steroid dienone is 1. The average molecular weight is 182 g/mol. The molecule has 0 aromatic carbocycles. The van der Waals surface area contributed by atoms with Crippen LogP contribution in [-0.4, -0.2) is 24.8 Å². The number of hydrogen-bond donors (Lipinski definition) is 0. The van der Waals surface area contributed by atoms with Gasteiger partial charge in [0.2, 0.25) is 0 Å². The van der Waals surface area contributed by atoms with Crippen molar-refractivity contribution in [2.75, 3.05) is 6.61 Å². The molecule has 13 heavy (non-hydrogen) atoms. The number of ether oxygens (including phenoxy) is 2. The van der Waals surface area contributed by atoms with Gasteiger partial charge in [0.25, 0.3) is 0 Å². The van der Waals surface area contributed by atoms with Gasteiger partial charge in [-0.15, -0.1) is 0 Å². The van der Waals surface area contributed by atoms with Crippen LogP contribution in [0.2, 0.25) is 0 Å². The predicted octanol–water partition coefficient (Wildman–Crippen LogP) is 1.43. The summed E-state index contributed by atoms with van der Waals surface area (Å²) < 4.78 is 11.0. The fourth-order valence-corrected chi connectivity index (χ4v) is 1.66. The van der Waals surface area contributed by atoms with Crippen LogP contribution in [0, 0.1) is 0 Å². The number of hydrogen-bond acceptors (Lipinski definition) is 3. The van der Waals surface area contributed by atoms with Gasteiger partial charge in [0, 0.05) is 13.0 Å². The van der Waals surface area contributed by atoms with E-state index in [1.54, 1.807) is 6.08 Å². The van der Waals surface area contributed by atoms with E-state index >= 15 is 0 Å². The lowest BCUT2D eigenvalue weighted by Crippen LogP contribution is -2.26. The molecule has 3 heteroatoms. The van der Waals surface area contributed by atoms with Crippen molar-refractivity contribution in [3.8, 4) is 0 Å². The molecule has 0 amide bonds. The van der Waals surface area contributed by atoms with E-state index in [0.717, 1.165) is 25.9 Å². The van der Waals surface area contributed by atoms with Crippen LogP contribution in [0.25, 0.3) is 0 Å². The summed E-state index contributed by atoms with van der Waals surface area (Å²) in [5.41, 5.74) is 0.